The van der Waals surface area contributed by atoms with Gasteiger partial charge in [0.15, 0.2) is 11.2 Å². The molecule has 0 unspecified atom stereocenters. The van der Waals surface area contributed by atoms with Crippen LogP contribution in [0, 0.1) is 11.3 Å². The summed E-state index contributed by atoms with van der Waals surface area (Å²) in [6.45, 7) is 0. The van der Waals surface area contributed by atoms with Gasteiger partial charge in [0.25, 0.3) is 0 Å². The van der Waals surface area contributed by atoms with Gasteiger partial charge in [-0.15, -0.1) is 0 Å². The third-order valence-electron chi connectivity index (χ3n) is 10.3. The van der Waals surface area contributed by atoms with E-state index in [1.54, 1.807) is 6.07 Å². The number of benzene rings is 8. The van der Waals surface area contributed by atoms with Crippen LogP contribution in [0.15, 0.2) is 183 Å². The van der Waals surface area contributed by atoms with Gasteiger partial charge in [0.05, 0.1) is 11.6 Å². The molecule has 7 heteroatoms. The van der Waals surface area contributed by atoms with Crippen LogP contribution >= 0.6 is 0 Å². The van der Waals surface area contributed by atoms with E-state index in [9.17, 15) is 5.26 Å². The zero-order valence-electron chi connectivity index (χ0n) is 29.7. The molecule has 0 bridgehead atoms. The van der Waals surface area contributed by atoms with E-state index in [-0.39, 0.29) is 0 Å². The van der Waals surface area contributed by atoms with Gasteiger partial charge in [-0.1, -0.05) is 48.5 Å². The minimum Gasteiger partial charge on any atom is -0.456 e. The first kappa shape index (κ1) is 31.6. The quantitative estimate of drug-likeness (QED) is 0.169. The smallest absolute Gasteiger partial charge is 0.227 e. The van der Waals surface area contributed by atoms with Crippen LogP contribution in [0.2, 0.25) is 0 Å². The number of hydrogen-bond acceptors (Lipinski definition) is 7. The Balaban J connectivity index is 0.965. The molecule has 0 aliphatic heterocycles. The Morgan fingerprint density at radius 2 is 0.964 bits per heavy atom. The lowest BCUT2D eigenvalue weighted by Crippen LogP contribution is -2.09. The number of fused-ring (bicyclic) bond motifs is 6. The van der Waals surface area contributed by atoms with Crippen LogP contribution < -0.4 is 4.90 Å². The van der Waals surface area contributed by atoms with E-state index in [0.717, 1.165) is 94.2 Å². The lowest BCUT2D eigenvalue weighted by atomic mass is 9.99. The summed E-state index contributed by atoms with van der Waals surface area (Å²) in [6.07, 6.45) is 0. The Hall–Kier alpha value is -7.95. The SMILES string of the molecule is N#Cc1ccc2oc3cc(-c4ccc5cc(N(c6ccc(-c7nc8ccccc8o7)cc6)c6ccc(-c7nc8ccccc8o7)cc6)ccc5c4)ccc3c2c1. The molecule has 0 fully saturated rings. The minimum absolute atomic E-state index is 0.584. The van der Waals surface area contributed by atoms with Crippen LogP contribution in [0.4, 0.5) is 17.1 Å². The molecule has 0 spiro atoms. The van der Waals surface area contributed by atoms with Crippen molar-refractivity contribution < 1.29 is 13.3 Å². The van der Waals surface area contributed by atoms with Gasteiger partial charge in [-0.2, -0.15) is 5.26 Å². The van der Waals surface area contributed by atoms with Crippen molar-refractivity contribution in [2.75, 3.05) is 4.90 Å². The monoisotopic (exact) mass is 720 g/mol. The zero-order valence-corrected chi connectivity index (χ0v) is 29.7. The zero-order chi connectivity index (χ0) is 37.2. The first-order valence-electron chi connectivity index (χ1n) is 18.3. The predicted molar refractivity (Wildman–Crippen MR) is 222 cm³/mol. The van der Waals surface area contributed by atoms with E-state index >= 15 is 0 Å². The summed E-state index contributed by atoms with van der Waals surface area (Å²) in [5, 5.41) is 13.6. The van der Waals surface area contributed by atoms with Crippen molar-refractivity contribution in [1.29, 1.82) is 5.26 Å². The summed E-state index contributed by atoms with van der Waals surface area (Å²) in [7, 11) is 0. The summed E-state index contributed by atoms with van der Waals surface area (Å²) >= 11 is 0. The van der Waals surface area contributed by atoms with Crippen molar-refractivity contribution in [1.82, 2.24) is 9.97 Å². The number of aromatic nitrogens is 2. The highest BCUT2D eigenvalue weighted by molar-refractivity contribution is 6.06. The molecule has 0 atom stereocenters. The first-order chi connectivity index (χ1) is 27.6. The molecule has 0 N–H and O–H groups in total. The normalized spacial score (nSPS) is 11.6. The molecule has 56 heavy (non-hydrogen) atoms. The molecule has 11 aromatic rings. The second-order valence-corrected chi connectivity index (χ2v) is 13.8. The van der Waals surface area contributed by atoms with Crippen molar-refractivity contribution in [3.63, 3.8) is 0 Å². The van der Waals surface area contributed by atoms with Crippen molar-refractivity contribution in [3.05, 3.63) is 175 Å². The van der Waals surface area contributed by atoms with E-state index in [1.165, 1.54) is 0 Å². The minimum atomic E-state index is 0.584. The topological polar surface area (TPSA) is 92.2 Å². The summed E-state index contributed by atoms with van der Waals surface area (Å²) in [5.41, 5.74) is 12.3. The second kappa shape index (κ2) is 12.6. The number of hydrogen-bond donors (Lipinski definition) is 0. The molecule has 0 amide bonds. The third-order valence-corrected chi connectivity index (χ3v) is 10.3. The Kier molecular flexibility index (Phi) is 7.09. The highest BCUT2D eigenvalue weighted by Crippen LogP contribution is 2.40. The fourth-order valence-corrected chi connectivity index (χ4v) is 7.52. The van der Waals surface area contributed by atoms with Gasteiger partial charge in [0, 0.05) is 39.0 Å². The van der Waals surface area contributed by atoms with Gasteiger partial charge in [0.1, 0.15) is 22.2 Å². The van der Waals surface area contributed by atoms with Gasteiger partial charge in [0.2, 0.25) is 11.8 Å². The molecule has 3 aromatic heterocycles. The first-order valence-corrected chi connectivity index (χ1v) is 18.3. The van der Waals surface area contributed by atoms with Gasteiger partial charge in [-0.3, -0.25) is 0 Å². The van der Waals surface area contributed by atoms with Crippen molar-refractivity contribution >= 4 is 72.0 Å². The van der Waals surface area contributed by atoms with E-state index < -0.39 is 0 Å². The van der Waals surface area contributed by atoms with Crippen LogP contribution in [0.25, 0.3) is 88.9 Å². The molecule has 8 aromatic carbocycles. The van der Waals surface area contributed by atoms with Gasteiger partial charge in [-0.25, -0.2) is 9.97 Å². The largest absolute Gasteiger partial charge is 0.456 e. The lowest BCUT2D eigenvalue weighted by Gasteiger charge is -2.26. The molecule has 0 radical (unpaired) electrons. The summed E-state index contributed by atoms with van der Waals surface area (Å²) < 4.78 is 18.3. The van der Waals surface area contributed by atoms with Crippen LogP contribution in [0.3, 0.4) is 0 Å². The maximum Gasteiger partial charge on any atom is 0.227 e. The molecule has 0 saturated heterocycles. The third kappa shape index (κ3) is 5.36. The van der Waals surface area contributed by atoms with Crippen molar-refractivity contribution in [2.45, 2.75) is 0 Å². The Bertz CT molecular complexity index is 3150. The van der Waals surface area contributed by atoms with Crippen molar-refractivity contribution in [2.24, 2.45) is 0 Å². The maximum atomic E-state index is 9.40. The number of rotatable bonds is 6. The van der Waals surface area contributed by atoms with Crippen LogP contribution in [0.5, 0.6) is 0 Å². The molecular formula is C49H28N4O3. The Labute approximate surface area is 319 Å². The average Bonchev–Trinajstić information content (AvgIpc) is 3.99. The summed E-state index contributed by atoms with van der Waals surface area (Å²) in [4.78, 5) is 11.7. The number of furan rings is 1. The van der Waals surface area contributed by atoms with Gasteiger partial charge >= 0.3 is 0 Å². The van der Waals surface area contributed by atoms with Crippen molar-refractivity contribution in [3.8, 4) is 40.1 Å². The standard InChI is InChI=1S/C49H28N4O3/c50-29-30-9-24-44-41(25-30)40-23-17-36(28-47(40)54-44)33-10-11-35-27-39(22-16-34(35)26-33)53(37-18-12-31(13-19-37)48-51-42-5-1-3-7-45(42)55-48)38-20-14-32(15-21-38)49-52-43-6-2-4-8-46(43)56-49/h1-28H. The van der Waals surface area contributed by atoms with Crippen LogP contribution in [0.1, 0.15) is 5.56 Å². The average molecular weight is 721 g/mol. The van der Waals surface area contributed by atoms with E-state index in [0.29, 0.717) is 17.3 Å². The van der Waals surface area contributed by atoms with Crippen LogP contribution in [-0.2, 0) is 0 Å². The number of nitriles is 1. The maximum absolute atomic E-state index is 9.40. The fourth-order valence-electron chi connectivity index (χ4n) is 7.52. The highest BCUT2D eigenvalue weighted by atomic mass is 16.4. The van der Waals surface area contributed by atoms with Crippen LogP contribution in [-0.4, -0.2) is 9.97 Å². The summed E-state index contributed by atoms with van der Waals surface area (Å²) in [5.74, 6) is 1.17. The van der Waals surface area contributed by atoms with E-state index in [1.807, 2.05) is 84.9 Å². The number of oxazole rings is 2. The van der Waals surface area contributed by atoms with Gasteiger partial charge < -0.3 is 18.2 Å². The molecule has 7 nitrogen and oxygen atoms in total. The predicted octanol–water partition coefficient (Wildman–Crippen LogP) is 13.4. The molecule has 0 aliphatic carbocycles. The molecule has 3 heterocycles. The number of anilines is 3. The van der Waals surface area contributed by atoms with E-state index in [2.05, 4.69) is 89.8 Å². The highest BCUT2D eigenvalue weighted by Gasteiger charge is 2.17. The molecular weight excluding hydrogens is 693 g/mol. The molecule has 11 rings (SSSR count). The van der Waals surface area contributed by atoms with E-state index in [4.69, 9.17) is 23.2 Å². The molecule has 262 valence electrons. The lowest BCUT2D eigenvalue weighted by molar-refractivity contribution is 0.619. The number of para-hydroxylation sites is 4. The fraction of sp³-hybridized carbons (Fsp3) is 0. The summed E-state index contributed by atoms with van der Waals surface area (Å²) in [6, 6.07) is 59.3. The second-order valence-electron chi connectivity index (χ2n) is 13.8. The molecule has 0 saturated carbocycles. The van der Waals surface area contributed by atoms with Gasteiger partial charge in [-0.05, 0) is 143 Å². The molecule has 0 aliphatic rings. The Morgan fingerprint density at radius 1 is 0.411 bits per heavy atom. The Morgan fingerprint density at radius 3 is 1.61 bits per heavy atom. The number of nitrogens with zero attached hydrogens (tertiary/aromatic N) is 4.